The van der Waals surface area contributed by atoms with E-state index in [0.29, 0.717) is 35.1 Å². The molecule has 4 rings (SSSR count). The smallest absolute Gasteiger partial charge is 0.271 e. The van der Waals surface area contributed by atoms with Crippen LogP contribution in [0, 0.1) is 0 Å². The number of carbonyl (C=O) groups is 2. The van der Waals surface area contributed by atoms with Gasteiger partial charge in [-0.2, -0.15) is 0 Å². The fourth-order valence-electron chi connectivity index (χ4n) is 3.30. The third kappa shape index (κ3) is 4.23. The van der Waals surface area contributed by atoms with Gasteiger partial charge in [0.1, 0.15) is 11.5 Å². The number of hydrogen-bond acceptors (Lipinski definition) is 3. The van der Waals surface area contributed by atoms with Crippen LogP contribution in [-0.2, 0) is 13.1 Å². The second-order valence-electron chi connectivity index (χ2n) is 6.93. The molecule has 2 N–H and O–H groups in total. The Bertz CT molecular complexity index is 1180. The fourth-order valence-corrected chi connectivity index (χ4v) is 3.47. The first kappa shape index (κ1) is 19.8. The Morgan fingerprint density at radius 3 is 2.57 bits per heavy atom. The molecule has 0 fully saturated rings. The van der Waals surface area contributed by atoms with Gasteiger partial charge >= 0.3 is 0 Å². The third-order valence-corrected chi connectivity index (χ3v) is 5.08. The fraction of sp³-hybridized carbons (Fsp3) is 0.130. The molecule has 0 radical (unpaired) electrons. The maximum absolute atomic E-state index is 13.3. The molecule has 7 heteroatoms. The van der Waals surface area contributed by atoms with Crippen molar-refractivity contribution in [3.8, 4) is 0 Å². The molecule has 152 valence electrons. The van der Waals surface area contributed by atoms with Crippen LogP contribution in [-0.4, -0.2) is 28.7 Å². The van der Waals surface area contributed by atoms with Gasteiger partial charge in [0.05, 0.1) is 12.8 Å². The number of nitrogens with one attached hydrogen (secondary N) is 2. The van der Waals surface area contributed by atoms with Crippen molar-refractivity contribution < 1.29 is 14.0 Å². The predicted octanol–water partition coefficient (Wildman–Crippen LogP) is 4.62. The minimum Gasteiger partial charge on any atom is -0.467 e. The van der Waals surface area contributed by atoms with Gasteiger partial charge in [0, 0.05) is 35.1 Å². The van der Waals surface area contributed by atoms with Crippen LogP contribution in [0.2, 0.25) is 5.02 Å². The lowest BCUT2D eigenvalue weighted by Gasteiger charge is -2.21. The van der Waals surface area contributed by atoms with Crippen LogP contribution < -0.4 is 5.32 Å². The number of hydrogen-bond donors (Lipinski definition) is 2. The first-order valence-electron chi connectivity index (χ1n) is 9.44. The summed E-state index contributed by atoms with van der Waals surface area (Å²) in [5, 5.41) is 4.11. The van der Waals surface area contributed by atoms with E-state index in [2.05, 4.69) is 10.3 Å². The van der Waals surface area contributed by atoms with E-state index < -0.39 is 0 Å². The summed E-state index contributed by atoms with van der Waals surface area (Å²) < 4.78 is 5.45. The summed E-state index contributed by atoms with van der Waals surface area (Å²) in [5.74, 6) is 0.375. The first-order chi connectivity index (χ1) is 14.5. The summed E-state index contributed by atoms with van der Waals surface area (Å²) in [6, 6.07) is 18.1. The van der Waals surface area contributed by atoms with Crippen LogP contribution in [0.5, 0.6) is 0 Å². The molecule has 0 saturated heterocycles. The lowest BCUT2D eigenvalue weighted by atomic mass is 10.1. The summed E-state index contributed by atoms with van der Waals surface area (Å²) >= 11 is 6.06. The normalized spacial score (nSPS) is 10.9. The van der Waals surface area contributed by atoms with E-state index in [9.17, 15) is 9.59 Å². The average molecular weight is 422 g/mol. The van der Waals surface area contributed by atoms with E-state index in [1.165, 1.54) is 0 Å². The number of H-pyrrole nitrogens is 1. The van der Waals surface area contributed by atoms with E-state index >= 15 is 0 Å². The number of rotatable bonds is 6. The molecule has 0 aliphatic heterocycles. The molecule has 0 saturated carbocycles. The molecule has 6 nitrogen and oxygen atoms in total. The van der Waals surface area contributed by atoms with Gasteiger partial charge in [-0.1, -0.05) is 29.8 Å². The van der Waals surface area contributed by atoms with Gasteiger partial charge < -0.3 is 19.6 Å². The molecule has 0 aliphatic carbocycles. The number of nitrogens with zero attached hydrogens (tertiary/aromatic N) is 1. The second kappa shape index (κ2) is 8.47. The zero-order valence-electron chi connectivity index (χ0n) is 16.3. The van der Waals surface area contributed by atoms with E-state index in [1.807, 2.05) is 30.3 Å². The number of aromatic amines is 1. The second-order valence-corrected chi connectivity index (χ2v) is 7.37. The van der Waals surface area contributed by atoms with Crippen LogP contribution in [0.15, 0.2) is 71.3 Å². The standard InChI is InChI=1S/C23H20ClN3O3/c1-25-22(28)16-6-4-15(5-7-16)13-27(14-19-3-2-10-30-19)23(29)21-11-17-8-9-18(24)12-20(17)26-21/h2-12,26H,13-14H2,1H3,(H,25,28). The van der Waals surface area contributed by atoms with Crippen LogP contribution in [0.4, 0.5) is 0 Å². The van der Waals surface area contributed by atoms with Gasteiger partial charge in [0.15, 0.2) is 0 Å². The number of halogens is 1. The Hall–Kier alpha value is -3.51. The number of aromatic nitrogens is 1. The molecule has 0 unspecified atom stereocenters. The first-order valence-corrected chi connectivity index (χ1v) is 9.82. The molecule has 0 spiro atoms. The minimum absolute atomic E-state index is 0.151. The monoisotopic (exact) mass is 421 g/mol. The van der Waals surface area contributed by atoms with E-state index in [-0.39, 0.29) is 11.8 Å². The summed E-state index contributed by atoms with van der Waals surface area (Å²) in [4.78, 5) is 29.9. The average Bonchev–Trinajstić information content (AvgIpc) is 3.42. The molecule has 4 aromatic rings. The molecule has 30 heavy (non-hydrogen) atoms. The molecule has 2 heterocycles. The Kier molecular flexibility index (Phi) is 5.59. The van der Waals surface area contributed by atoms with Crippen molar-refractivity contribution in [1.82, 2.24) is 15.2 Å². The van der Waals surface area contributed by atoms with Crippen molar-refractivity contribution in [3.05, 3.63) is 94.5 Å². The SMILES string of the molecule is CNC(=O)c1ccc(CN(Cc2ccco2)C(=O)c2cc3ccc(Cl)cc3[nH]2)cc1. The van der Waals surface area contributed by atoms with Crippen LogP contribution in [0.1, 0.15) is 32.2 Å². The van der Waals surface area contributed by atoms with Gasteiger partial charge in [0.2, 0.25) is 0 Å². The molecule has 2 aromatic heterocycles. The highest BCUT2D eigenvalue weighted by Crippen LogP contribution is 2.22. The predicted molar refractivity (Wildman–Crippen MR) is 115 cm³/mol. The molecular formula is C23H20ClN3O3. The number of fused-ring (bicyclic) bond motifs is 1. The summed E-state index contributed by atoms with van der Waals surface area (Å²) in [7, 11) is 1.59. The van der Waals surface area contributed by atoms with Crippen LogP contribution >= 0.6 is 11.6 Å². The topological polar surface area (TPSA) is 78.3 Å². The highest BCUT2D eigenvalue weighted by Gasteiger charge is 2.20. The molecule has 2 amide bonds. The van der Waals surface area contributed by atoms with Gasteiger partial charge in [-0.15, -0.1) is 0 Å². The summed E-state index contributed by atoms with van der Waals surface area (Å²) in [5.41, 5.74) is 2.75. The lowest BCUT2D eigenvalue weighted by Crippen LogP contribution is -2.30. The maximum atomic E-state index is 13.3. The van der Waals surface area contributed by atoms with Gasteiger partial charge in [-0.3, -0.25) is 9.59 Å². The molecule has 0 bridgehead atoms. The highest BCUT2D eigenvalue weighted by molar-refractivity contribution is 6.31. The zero-order valence-corrected chi connectivity index (χ0v) is 17.1. The van der Waals surface area contributed by atoms with Crippen molar-refractivity contribution in [2.75, 3.05) is 7.05 Å². The number of benzene rings is 2. The van der Waals surface area contributed by atoms with Crippen molar-refractivity contribution in [3.63, 3.8) is 0 Å². The van der Waals surface area contributed by atoms with Gasteiger partial charge in [-0.05, 0) is 48.0 Å². The van der Waals surface area contributed by atoms with Gasteiger partial charge in [0.25, 0.3) is 11.8 Å². The third-order valence-electron chi connectivity index (χ3n) is 4.85. The Morgan fingerprint density at radius 1 is 1.07 bits per heavy atom. The minimum atomic E-state index is -0.158. The molecular weight excluding hydrogens is 402 g/mol. The molecule has 2 aromatic carbocycles. The van der Waals surface area contributed by atoms with E-state index in [1.54, 1.807) is 48.5 Å². The van der Waals surface area contributed by atoms with Crippen LogP contribution in [0.3, 0.4) is 0 Å². The molecule has 0 atom stereocenters. The number of carbonyl (C=O) groups excluding carboxylic acids is 2. The molecule has 0 aliphatic rings. The number of furan rings is 1. The van der Waals surface area contributed by atoms with Crippen molar-refractivity contribution in [2.45, 2.75) is 13.1 Å². The number of amides is 2. The Labute approximate surface area is 178 Å². The summed E-state index contributed by atoms with van der Waals surface area (Å²) in [6.45, 7) is 0.683. The van der Waals surface area contributed by atoms with Crippen LogP contribution in [0.25, 0.3) is 10.9 Å². The largest absolute Gasteiger partial charge is 0.467 e. The quantitative estimate of drug-likeness (QED) is 0.477. The lowest BCUT2D eigenvalue weighted by molar-refractivity contribution is 0.0712. The van der Waals surface area contributed by atoms with Crippen molar-refractivity contribution in [2.24, 2.45) is 0 Å². The summed E-state index contributed by atoms with van der Waals surface area (Å²) in [6.07, 6.45) is 1.58. The maximum Gasteiger partial charge on any atom is 0.271 e. The van der Waals surface area contributed by atoms with Crippen molar-refractivity contribution >= 4 is 34.3 Å². The Balaban J connectivity index is 1.61. The Morgan fingerprint density at radius 2 is 1.87 bits per heavy atom. The zero-order chi connectivity index (χ0) is 21.1. The highest BCUT2D eigenvalue weighted by atomic mass is 35.5. The van der Waals surface area contributed by atoms with E-state index in [0.717, 1.165) is 16.5 Å². The van der Waals surface area contributed by atoms with E-state index in [4.69, 9.17) is 16.0 Å². The van der Waals surface area contributed by atoms with Crippen molar-refractivity contribution in [1.29, 1.82) is 0 Å². The van der Waals surface area contributed by atoms with Gasteiger partial charge in [-0.25, -0.2) is 0 Å².